The molecule has 0 aromatic heterocycles. The van der Waals surface area contributed by atoms with Gasteiger partial charge in [0.05, 0.1) is 6.04 Å². The molecule has 5 heteroatoms. The SMILES string of the molecule is CC(=O)NC(c1ccccc1)C1CCCN(CCNC(=O)c2c(C)cccc2C)C1. The van der Waals surface area contributed by atoms with E-state index in [-0.39, 0.29) is 17.9 Å². The first kappa shape index (κ1) is 22.0. The van der Waals surface area contributed by atoms with Gasteiger partial charge in [0, 0.05) is 32.1 Å². The molecule has 1 fully saturated rings. The maximum Gasteiger partial charge on any atom is 0.251 e. The Balaban J connectivity index is 1.57. The number of hydrogen-bond acceptors (Lipinski definition) is 3. The second-order valence-electron chi connectivity index (χ2n) is 8.31. The summed E-state index contributed by atoms with van der Waals surface area (Å²) in [5, 5.41) is 6.24. The van der Waals surface area contributed by atoms with Gasteiger partial charge in [0.15, 0.2) is 0 Å². The highest BCUT2D eigenvalue weighted by Gasteiger charge is 2.29. The summed E-state index contributed by atoms with van der Waals surface area (Å²) in [5.74, 6) is 0.362. The lowest BCUT2D eigenvalue weighted by molar-refractivity contribution is -0.120. The van der Waals surface area contributed by atoms with Crippen molar-refractivity contribution in [2.75, 3.05) is 26.2 Å². The highest BCUT2D eigenvalue weighted by Crippen LogP contribution is 2.29. The number of benzene rings is 2. The molecule has 0 aliphatic carbocycles. The second-order valence-corrected chi connectivity index (χ2v) is 8.31. The van der Waals surface area contributed by atoms with Crippen molar-refractivity contribution >= 4 is 11.8 Å². The van der Waals surface area contributed by atoms with Gasteiger partial charge in [-0.2, -0.15) is 0 Å². The summed E-state index contributed by atoms with van der Waals surface area (Å²) in [6.07, 6.45) is 2.18. The first-order valence-corrected chi connectivity index (χ1v) is 10.8. The molecule has 30 heavy (non-hydrogen) atoms. The number of likely N-dealkylation sites (tertiary alicyclic amines) is 1. The standard InChI is InChI=1S/C25H33N3O2/c1-18-9-7-10-19(2)23(18)25(30)26-14-16-28-15-8-13-22(17-28)24(27-20(3)29)21-11-5-4-6-12-21/h4-7,9-12,22,24H,8,13-17H2,1-3H3,(H,26,30)(H,27,29). The molecule has 0 radical (unpaired) electrons. The van der Waals surface area contributed by atoms with Gasteiger partial charge in [0.2, 0.25) is 5.91 Å². The van der Waals surface area contributed by atoms with E-state index in [0.29, 0.717) is 12.5 Å². The molecule has 1 saturated heterocycles. The van der Waals surface area contributed by atoms with Gasteiger partial charge in [0.1, 0.15) is 0 Å². The van der Waals surface area contributed by atoms with Crippen LogP contribution in [0.4, 0.5) is 0 Å². The minimum absolute atomic E-state index is 0.000400. The van der Waals surface area contributed by atoms with Crippen LogP contribution < -0.4 is 10.6 Å². The van der Waals surface area contributed by atoms with Gasteiger partial charge in [-0.25, -0.2) is 0 Å². The number of nitrogens with one attached hydrogen (secondary N) is 2. The monoisotopic (exact) mass is 407 g/mol. The van der Waals surface area contributed by atoms with Crippen LogP contribution in [0.5, 0.6) is 0 Å². The summed E-state index contributed by atoms with van der Waals surface area (Å²) in [6.45, 7) is 8.91. The Bertz CT molecular complexity index is 846. The van der Waals surface area contributed by atoms with E-state index >= 15 is 0 Å². The van der Waals surface area contributed by atoms with E-state index in [4.69, 9.17) is 0 Å². The molecule has 2 aromatic carbocycles. The molecular formula is C25H33N3O2. The Hall–Kier alpha value is -2.66. The number of nitrogens with zero attached hydrogens (tertiary/aromatic N) is 1. The van der Waals surface area contributed by atoms with Crippen LogP contribution >= 0.6 is 0 Å². The summed E-state index contributed by atoms with van der Waals surface area (Å²) in [5.41, 5.74) is 3.95. The van der Waals surface area contributed by atoms with Gasteiger partial charge in [-0.1, -0.05) is 48.5 Å². The predicted molar refractivity (Wildman–Crippen MR) is 120 cm³/mol. The van der Waals surface area contributed by atoms with Gasteiger partial charge in [0.25, 0.3) is 5.91 Å². The molecule has 2 amide bonds. The minimum Gasteiger partial charge on any atom is -0.351 e. The largest absolute Gasteiger partial charge is 0.351 e. The van der Waals surface area contributed by atoms with E-state index in [2.05, 4.69) is 27.7 Å². The highest BCUT2D eigenvalue weighted by atomic mass is 16.2. The van der Waals surface area contributed by atoms with Crippen molar-refractivity contribution in [3.63, 3.8) is 0 Å². The number of rotatable bonds is 7. The van der Waals surface area contributed by atoms with Crippen LogP contribution in [0.15, 0.2) is 48.5 Å². The Morgan fingerprint density at radius 1 is 1.07 bits per heavy atom. The number of carbonyl (C=O) groups is 2. The van der Waals surface area contributed by atoms with Crippen molar-refractivity contribution in [2.24, 2.45) is 5.92 Å². The Kier molecular flexibility index (Phi) is 7.63. The third-order valence-corrected chi connectivity index (χ3v) is 5.95. The summed E-state index contributed by atoms with van der Waals surface area (Å²) >= 11 is 0. The molecule has 2 atom stereocenters. The van der Waals surface area contributed by atoms with Crippen LogP contribution in [0.3, 0.4) is 0 Å². The van der Waals surface area contributed by atoms with Crippen LogP contribution in [-0.4, -0.2) is 42.9 Å². The molecule has 160 valence electrons. The number of piperidine rings is 1. The van der Waals surface area contributed by atoms with Crippen LogP contribution in [0.2, 0.25) is 0 Å². The fourth-order valence-corrected chi connectivity index (χ4v) is 4.51. The summed E-state index contributed by atoms with van der Waals surface area (Å²) in [4.78, 5) is 26.8. The minimum atomic E-state index is -0.000400. The van der Waals surface area contributed by atoms with E-state index in [1.54, 1.807) is 6.92 Å². The number of carbonyl (C=O) groups excluding carboxylic acids is 2. The highest BCUT2D eigenvalue weighted by molar-refractivity contribution is 5.97. The summed E-state index contributed by atoms with van der Waals surface area (Å²) < 4.78 is 0. The van der Waals surface area contributed by atoms with Gasteiger partial charge in [-0.05, 0) is 55.8 Å². The molecule has 1 aliphatic rings. The van der Waals surface area contributed by atoms with Gasteiger partial charge >= 0.3 is 0 Å². The van der Waals surface area contributed by atoms with Crippen LogP contribution in [0.1, 0.15) is 52.9 Å². The van der Waals surface area contributed by atoms with Crippen LogP contribution in [0.25, 0.3) is 0 Å². The molecule has 0 spiro atoms. The molecule has 3 rings (SSSR count). The van der Waals surface area contributed by atoms with Gasteiger partial charge in [-0.3, -0.25) is 9.59 Å². The molecule has 0 saturated carbocycles. The molecule has 1 heterocycles. The molecular weight excluding hydrogens is 374 g/mol. The quantitative estimate of drug-likeness (QED) is 0.737. The normalized spacial score (nSPS) is 17.9. The predicted octanol–water partition coefficient (Wildman–Crippen LogP) is 3.62. The van der Waals surface area contributed by atoms with Crippen molar-refractivity contribution in [2.45, 2.75) is 39.7 Å². The fraction of sp³-hybridized carbons (Fsp3) is 0.440. The zero-order chi connectivity index (χ0) is 21.5. The number of amides is 2. The summed E-state index contributed by atoms with van der Waals surface area (Å²) in [7, 11) is 0. The van der Waals surface area contributed by atoms with E-state index in [9.17, 15) is 9.59 Å². The fourth-order valence-electron chi connectivity index (χ4n) is 4.51. The third kappa shape index (κ3) is 5.70. The van der Waals surface area contributed by atoms with E-state index < -0.39 is 0 Å². The zero-order valence-electron chi connectivity index (χ0n) is 18.3. The maximum absolute atomic E-state index is 12.6. The van der Waals surface area contributed by atoms with Crippen molar-refractivity contribution < 1.29 is 9.59 Å². The Morgan fingerprint density at radius 3 is 2.43 bits per heavy atom. The molecule has 0 bridgehead atoms. The van der Waals surface area contributed by atoms with Crippen LogP contribution in [-0.2, 0) is 4.79 Å². The lowest BCUT2D eigenvalue weighted by atomic mass is 9.86. The van der Waals surface area contributed by atoms with Crippen molar-refractivity contribution in [1.82, 2.24) is 15.5 Å². The number of aryl methyl sites for hydroxylation is 2. The van der Waals surface area contributed by atoms with Crippen LogP contribution in [0, 0.1) is 19.8 Å². The average Bonchev–Trinajstić information content (AvgIpc) is 2.73. The van der Waals surface area contributed by atoms with Crippen molar-refractivity contribution in [3.05, 3.63) is 70.8 Å². The molecule has 2 N–H and O–H groups in total. The first-order valence-electron chi connectivity index (χ1n) is 10.8. The van der Waals surface area contributed by atoms with E-state index in [0.717, 1.165) is 54.7 Å². The van der Waals surface area contributed by atoms with Crippen molar-refractivity contribution in [1.29, 1.82) is 0 Å². The molecule has 2 aromatic rings. The third-order valence-electron chi connectivity index (χ3n) is 5.95. The smallest absolute Gasteiger partial charge is 0.251 e. The Labute approximate surface area is 179 Å². The first-order chi connectivity index (χ1) is 14.5. The lowest BCUT2D eigenvalue weighted by Crippen LogP contribution is -2.45. The molecule has 2 unspecified atom stereocenters. The van der Waals surface area contributed by atoms with E-state index in [1.807, 2.05) is 50.2 Å². The summed E-state index contributed by atoms with van der Waals surface area (Å²) in [6, 6.07) is 16.2. The molecule has 5 nitrogen and oxygen atoms in total. The topological polar surface area (TPSA) is 61.4 Å². The maximum atomic E-state index is 12.6. The average molecular weight is 408 g/mol. The molecule has 1 aliphatic heterocycles. The zero-order valence-corrected chi connectivity index (χ0v) is 18.3. The van der Waals surface area contributed by atoms with Crippen molar-refractivity contribution in [3.8, 4) is 0 Å². The van der Waals surface area contributed by atoms with Gasteiger partial charge < -0.3 is 15.5 Å². The van der Waals surface area contributed by atoms with Gasteiger partial charge in [-0.15, -0.1) is 0 Å². The number of hydrogen-bond donors (Lipinski definition) is 2. The van der Waals surface area contributed by atoms with E-state index in [1.165, 1.54) is 0 Å². The lowest BCUT2D eigenvalue weighted by Gasteiger charge is -2.37. The Morgan fingerprint density at radius 2 is 1.77 bits per heavy atom. The second kappa shape index (κ2) is 10.4.